The molecule has 0 aromatic heterocycles. The third-order valence-electron chi connectivity index (χ3n) is 4.66. The third kappa shape index (κ3) is 2.45. The van der Waals surface area contributed by atoms with Gasteiger partial charge in [0.2, 0.25) is 0 Å². The highest BCUT2D eigenvalue weighted by Crippen LogP contribution is 2.39. The fraction of sp³-hybridized carbons (Fsp3) is 0.533. The van der Waals surface area contributed by atoms with Crippen molar-refractivity contribution >= 4 is 11.5 Å². The lowest BCUT2D eigenvalue weighted by Crippen LogP contribution is -2.29. The molecule has 1 N–H and O–H groups in total. The van der Waals surface area contributed by atoms with Gasteiger partial charge in [0.15, 0.2) is 5.78 Å². The van der Waals surface area contributed by atoms with Crippen LogP contribution in [0.1, 0.15) is 36.0 Å². The van der Waals surface area contributed by atoms with Crippen LogP contribution in [0.15, 0.2) is 24.3 Å². The van der Waals surface area contributed by atoms with Crippen LogP contribution in [0.4, 0.5) is 5.69 Å². The minimum absolute atomic E-state index is 0.00116. The number of fused-ring (bicyclic) bond motifs is 1. The van der Waals surface area contributed by atoms with Gasteiger partial charge in [-0.25, -0.2) is 0 Å². The van der Waals surface area contributed by atoms with Gasteiger partial charge in [-0.05, 0) is 31.2 Å². The molecular weight excluding hydrogens is 256 g/mol. The van der Waals surface area contributed by atoms with Crippen molar-refractivity contribution in [1.29, 1.82) is 0 Å². The molecule has 1 aliphatic carbocycles. The molecule has 1 saturated carbocycles. The Morgan fingerprint density at radius 3 is 3.05 bits per heavy atom. The predicted octanol–water partition coefficient (Wildman–Crippen LogP) is 2.56. The van der Waals surface area contributed by atoms with Gasteiger partial charge in [0.05, 0.1) is 4.92 Å². The van der Waals surface area contributed by atoms with E-state index in [1.165, 1.54) is 31.4 Å². The lowest BCUT2D eigenvalue weighted by molar-refractivity contribution is -0.384. The topological polar surface area (TPSA) is 72.2 Å². The van der Waals surface area contributed by atoms with Gasteiger partial charge in [0.1, 0.15) is 0 Å². The Hall–Kier alpha value is -1.75. The van der Waals surface area contributed by atoms with Gasteiger partial charge in [-0.15, -0.1) is 0 Å². The molecule has 0 amide bonds. The van der Waals surface area contributed by atoms with Gasteiger partial charge in [0, 0.05) is 30.2 Å². The zero-order chi connectivity index (χ0) is 14.1. The van der Waals surface area contributed by atoms with E-state index in [4.69, 9.17) is 0 Å². The predicted molar refractivity (Wildman–Crippen MR) is 74.7 cm³/mol. The molecular formula is C15H18N2O3. The molecule has 1 aliphatic heterocycles. The van der Waals surface area contributed by atoms with Crippen LogP contribution in [0, 0.1) is 22.0 Å². The first-order valence-corrected chi connectivity index (χ1v) is 7.16. The average Bonchev–Trinajstić information content (AvgIpc) is 3.04. The second-order valence-electron chi connectivity index (χ2n) is 5.80. The summed E-state index contributed by atoms with van der Waals surface area (Å²) in [6, 6.07) is 6.28. The van der Waals surface area contributed by atoms with Gasteiger partial charge in [-0.3, -0.25) is 14.9 Å². The number of hydrogen-bond donors (Lipinski definition) is 1. The van der Waals surface area contributed by atoms with E-state index < -0.39 is 4.92 Å². The summed E-state index contributed by atoms with van der Waals surface area (Å²) in [5.41, 5.74) is 0.427. The van der Waals surface area contributed by atoms with Crippen molar-refractivity contribution in [3.63, 3.8) is 0 Å². The quantitative estimate of drug-likeness (QED) is 0.520. The summed E-state index contributed by atoms with van der Waals surface area (Å²) in [4.78, 5) is 22.6. The minimum atomic E-state index is -0.461. The number of ketones is 1. The van der Waals surface area contributed by atoms with Crippen molar-refractivity contribution in [2.45, 2.75) is 31.7 Å². The number of nitrogens with zero attached hydrogens (tertiary/aromatic N) is 1. The molecule has 3 atom stereocenters. The molecule has 3 rings (SSSR count). The average molecular weight is 274 g/mol. The number of non-ortho nitro benzene ring substituents is 1. The van der Waals surface area contributed by atoms with E-state index >= 15 is 0 Å². The van der Waals surface area contributed by atoms with Crippen LogP contribution in [0.25, 0.3) is 0 Å². The Balaban J connectivity index is 1.70. The summed E-state index contributed by atoms with van der Waals surface area (Å²) in [7, 11) is 0. The summed E-state index contributed by atoms with van der Waals surface area (Å²) in [6.07, 6.45) is 4.17. The SMILES string of the molecule is O=C(CC1NCC2CCCC21)c1cccc([N+](=O)[O-])c1. The third-order valence-corrected chi connectivity index (χ3v) is 4.66. The van der Waals surface area contributed by atoms with E-state index in [0.717, 1.165) is 12.5 Å². The molecule has 0 radical (unpaired) electrons. The van der Waals surface area contributed by atoms with Crippen LogP contribution < -0.4 is 5.32 Å². The van der Waals surface area contributed by atoms with E-state index in [1.54, 1.807) is 12.1 Å². The molecule has 5 nitrogen and oxygen atoms in total. The maximum Gasteiger partial charge on any atom is 0.270 e. The van der Waals surface area contributed by atoms with Gasteiger partial charge in [-0.1, -0.05) is 18.6 Å². The smallest absolute Gasteiger partial charge is 0.270 e. The maximum absolute atomic E-state index is 12.3. The molecule has 0 spiro atoms. The number of Topliss-reactive ketones (excluding diaryl/α,β-unsaturated/α-hetero) is 1. The lowest BCUT2D eigenvalue weighted by Gasteiger charge is -2.17. The van der Waals surface area contributed by atoms with Gasteiger partial charge in [0.25, 0.3) is 5.69 Å². The van der Waals surface area contributed by atoms with Crippen LogP contribution in [-0.2, 0) is 0 Å². The Labute approximate surface area is 117 Å². The lowest BCUT2D eigenvalue weighted by atomic mass is 9.90. The molecule has 106 valence electrons. The highest BCUT2D eigenvalue weighted by atomic mass is 16.6. The molecule has 1 saturated heterocycles. The number of rotatable bonds is 4. The van der Waals surface area contributed by atoms with E-state index in [0.29, 0.717) is 17.9 Å². The number of benzene rings is 1. The fourth-order valence-electron chi connectivity index (χ4n) is 3.64. The number of carbonyl (C=O) groups is 1. The standard InChI is InChI=1S/C15H18N2O3/c18-15(10-3-1-5-12(7-10)17(19)20)8-14-13-6-2-4-11(13)9-16-14/h1,3,5,7,11,13-14,16H,2,4,6,8-9H2. The van der Waals surface area contributed by atoms with Crippen molar-refractivity contribution in [2.75, 3.05) is 6.54 Å². The van der Waals surface area contributed by atoms with Crippen molar-refractivity contribution in [1.82, 2.24) is 5.32 Å². The summed E-state index contributed by atoms with van der Waals surface area (Å²) >= 11 is 0. The summed E-state index contributed by atoms with van der Waals surface area (Å²) in [6.45, 7) is 1.01. The summed E-state index contributed by atoms with van der Waals surface area (Å²) in [5.74, 6) is 1.33. The number of nitrogens with one attached hydrogen (secondary N) is 1. The number of carbonyl (C=O) groups excluding carboxylic acids is 1. The monoisotopic (exact) mass is 274 g/mol. The van der Waals surface area contributed by atoms with E-state index in [-0.39, 0.29) is 17.5 Å². The van der Waals surface area contributed by atoms with Crippen LogP contribution in [-0.4, -0.2) is 23.3 Å². The first kappa shape index (κ1) is 13.2. The van der Waals surface area contributed by atoms with Crippen molar-refractivity contribution in [3.8, 4) is 0 Å². The van der Waals surface area contributed by atoms with E-state index in [9.17, 15) is 14.9 Å². The van der Waals surface area contributed by atoms with Crippen LogP contribution in [0.2, 0.25) is 0 Å². The molecule has 2 aliphatic rings. The fourth-order valence-corrected chi connectivity index (χ4v) is 3.64. The van der Waals surface area contributed by atoms with E-state index in [1.807, 2.05) is 0 Å². The number of nitro groups is 1. The molecule has 5 heteroatoms. The van der Waals surface area contributed by atoms with Crippen molar-refractivity contribution in [3.05, 3.63) is 39.9 Å². The number of nitro benzene ring substituents is 1. The van der Waals surface area contributed by atoms with Crippen molar-refractivity contribution < 1.29 is 9.72 Å². The first-order chi connectivity index (χ1) is 9.65. The van der Waals surface area contributed by atoms with E-state index in [2.05, 4.69) is 5.32 Å². The first-order valence-electron chi connectivity index (χ1n) is 7.16. The normalized spacial score (nSPS) is 28.3. The Morgan fingerprint density at radius 1 is 1.40 bits per heavy atom. The zero-order valence-corrected chi connectivity index (χ0v) is 11.2. The van der Waals surface area contributed by atoms with Crippen LogP contribution in [0.5, 0.6) is 0 Å². The summed E-state index contributed by atoms with van der Waals surface area (Å²) in [5, 5.41) is 14.2. The molecule has 1 aromatic rings. The van der Waals surface area contributed by atoms with Crippen LogP contribution in [0.3, 0.4) is 0 Å². The van der Waals surface area contributed by atoms with Crippen LogP contribution >= 0.6 is 0 Å². The Kier molecular flexibility index (Phi) is 3.53. The highest BCUT2D eigenvalue weighted by Gasteiger charge is 2.39. The Bertz CT molecular complexity index is 544. The molecule has 0 bridgehead atoms. The minimum Gasteiger partial charge on any atom is -0.313 e. The maximum atomic E-state index is 12.3. The molecule has 3 unspecified atom stereocenters. The second kappa shape index (κ2) is 5.32. The molecule has 20 heavy (non-hydrogen) atoms. The molecule has 1 heterocycles. The summed E-state index contributed by atoms with van der Waals surface area (Å²) < 4.78 is 0. The van der Waals surface area contributed by atoms with Gasteiger partial charge < -0.3 is 5.32 Å². The zero-order valence-electron chi connectivity index (χ0n) is 11.2. The van der Waals surface area contributed by atoms with Gasteiger partial charge >= 0.3 is 0 Å². The van der Waals surface area contributed by atoms with Gasteiger partial charge in [-0.2, -0.15) is 0 Å². The largest absolute Gasteiger partial charge is 0.313 e. The second-order valence-corrected chi connectivity index (χ2v) is 5.80. The number of hydrogen-bond acceptors (Lipinski definition) is 4. The highest BCUT2D eigenvalue weighted by molar-refractivity contribution is 5.97. The van der Waals surface area contributed by atoms with Crippen molar-refractivity contribution in [2.24, 2.45) is 11.8 Å². The Morgan fingerprint density at radius 2 is 2.25 bits per heavy atom. The molecule has 2 fully saturated rings. The molecule has 1 aromatic carbocycles.